The fourth-order valence-electron chi connectivity index (χ4n) is 1.66. The van der Waals surface area contributed by atoms with Gasteiger partial charge in [0.1, 0.15) is 12.6 Å². The van der Waals surface area contributed by atoms with E-state index in [1.165, 1.54) is 7.11 Å². The van der Waals surface area contributed by atoms with Crippen LogP contribution in [0.5, 0.6) is 0 Å². The van der Waals surface area contributed by atoms with Crippen LogP contribution in [0.25, 0.3) is 0 Å². The molecule has 0 radical (unpaired) electrons. The van der Waals surface area contributed by atoms with Gasteiger partial charge < -0.3 is 14.8 Å². The van der Waals surface area contributed by atoms with Crippen LogP contribution in [0.3, 0.4) is 0 Å². The third kappa shape index (κ3) is 6.07. The quantitative estimate of drug-likeness (QED) is 0.775. The summed E-state index contributed by atoms with van der Waals surface area (Å²) < 4.78 is 9.52. The Morgan fingerprint density at radius 2 is 1.86 bits per heavy atom. The number of ether oxygens (including phenoxy) is 2. The highest BCUT2D eigenvalue weighted by atomic mass is 16.5. The number of carbonyl (C=O) groups is 3. The van der Waals surface area contributed by atoms with Gasteiger partial charge in [-0.3, -0.25) is 9.59 Å². The lowest BCUT2D eigenvalue weighted by Crippen LogP contribution is -2.42. The fraction of sp³-hybridized carbons (Fsp3) is 0.400. The molecule has 0 aromatic heterocycles. The third-order valence-electron chi connectivity index (χ3n) is 2.83. The lowest BCUT2D eigenvalue weighted by atomic mass is 10.1. The minimum atomic E-state index is -0.925. The summed E-state index contributed by atoms with van der Waals surface area (Å²) in [6, 6.07) is 8.27. The zero-order valence-corrected chi connectivity index (χ0v) is 12.1. The molecule has 1 aromatic rings. The summed E-state index contributed by atoms with van der Waals surface area (Å²) in [6.07, 6.45) is -0.757. The molecule has 6 nitrogen and oxygen atoms in total. The number of benzene rings is 1. The lowest BCUT2D eigenvalue weighted by Gasteiger charge is -2.15. The monoisotopic (exact) mass is 293 g/mol. The first-order chi connectivity index (χ1) is 10.1. The van der Waals surface area contributed by atoms with Gasteiger partial charge in [-0.15, -0.1) is 0 Å². The van der Waals surface area contributed by atoms with E-state index >= 15 is 0 Å². The molecule has 1 unspecified atom stereocenters. The van der Waals surface area contributed by atoms with Crippen molar-refractivity contribution >= 4 is 17.8 Å². The molecule has 0 aliphatic heterocycles. The number of esters is 1. The standard InChI is InChI=1S/C15H19NO5/c1-3-13(17)12(16-15(19)20-2)9-14(18)21-10-11-7-5-4-6-8-11/h4-8,12H,3,9-10H2,1-2H3,(H,16,19). The van der Waals surface area contributed by atoms with E-state index in [-0.39, 0.29) is 25.2 Å². The van der Waals surface area contributed by atoms with E-state index in [1.807, 2.05) is 30.3 Å². The molecule has 0 aliphatic rings. The zero-order valence-electron chi connectivity index (χ0n) is 12.1. The number of amides is 1. The van der Waals surface area contributed by atoms with Crippen LogP contribution in [-0.2, 0) is 25.7 Å². The molecule has 114 valence electrons. The smallest absolute Gasteiger partial charge is 0.407 e. The zero-order chi connectivity index (χ0) is 15.7. The van der Waals surface area contributed by atoms with Gasteiger partial charge >= 0.3 is 12.1 Å². The molecule has 1 amide bonds. The Balaban J connectivity index is 2.51. The number of carbonyl (C=O) groups excluding carboxylic acids is 3. The van der Waals surface area contributed by atoms with Crippen molar-refractivity contribution in [2.24, 2.45) is 0 Å². The second kappa shape index (κ2) is 8.73. The topological polar surface area (TPSA) is 81.7 Å². The van der Waals surface area contributed by atoms with Crippen LogP contribution in [0.2, 0.25) is 0 Å². The molecular weight excluding hydrogens is 274 g/mol. The number of rotatable bonds is 7. The van der Waals surface area contributed by atoms with Crippen LogP contribution in [0.4, 0.5) is 4.79 Å². The number of hydrogen-bond donors (Lipinski definition) is 1. The number of ketones is 1. The molecule has 21 heavy (non-hydrogen) atoms. The van der Waals surface area contributed by atoms with Crippen LogP contribution in [0.1, 0.15) is 25.3 Å². The van der Waals surface area contributed by atoms with Gasteiger partial charge in [0.2, 0.25) is 0 Å². The summed E-state index contributed by atoms with van der Waals surface area (Å²) in [4.78, 5) is 34.6. The van der Waals surface area contributed by atoms with Gasteiger partial charge in [0.15, 0.2) is 5.78 Å². The van der Waals surface area contributed by atoms with Crippen molar-refractivity contribution in [3.05, 3.63) is 35.9 Å². The first kappa shape index (κ1) is 16.7. The Labute approximate surface area is 123 Å². The molecule has 0 fully saturated rings. The first-order valence-electron chi connectivity index (χ1n) is 6.63. The lowest BCUT2D eigenvalue weighted by molar-refractivity contribution is -0.146. The predicted molar refractivity (Wildman–Crippen MR) is 75.5 cm³/mol. The van der Waals surface area contributed by atoms with E-state index in [2.05, 4.69) is 10.1 Å². The summed E-state index contributed by atoms with van der Waals surface area (Å²) in [5.41, 5.74) is 0.852. The van der Waals surface area contributed by atoms with Gasteiger partial charge in [0.05, 0.1) is 13.5 Å². The van der Waals surface area contributed by atoms with E-state index < -0.39 is 18.1 Å². The van der Waals surface area contributed by atoms with E-state index in [9.17, 15) is 14.4 Å². The Hall–Kier alpha value is -2.37. The second-order valence-electron chi connectivity index (χ2n) is 4.36. The van der Waals surface area contributed by atoms with Crippen molar-refractivity contribution in [3.8, 4) is 0 Å². The van der Waals surface area contributed by atoms with Crippen molar-refractivity contribution in [2.45, 2.75) is 32.4 Å². The normalized spacial score (nSPS) is 11.3. The van der Waals surface area contributed by atoms with E-state index in [0.29, 0.717) is 0 Å². The summed E-state index contributed by atoms with van der Waals surface area (Å²) >= 11 is 0. The number of Topliss-reactive ketones (excluding diaryl/α,β-unsaturated/α-hetero) is 1. The molecule has 0 saturated heterocycles. The van der Waals surface area contributed by atoms with Gasteiger partial charge in [-0.05, 0) is 5.56 Å². The highest BCUT2D eigenvalue weighted by molar-refractivity contribution is 5.90. The van der Waals surface area contributed by atoms with Gasteiger partial charge in [0, 0.05) is 6.42 Å². The molecule has 0 aliphatic carbocycles. The van der Waals surface area contributed by atoms with Crippen LogP contribution in [0, 0.1) is 0 Å². The Morgan fingerprint density at radius 3 is 2.43 bits per heavy atom. The van der Waals surface area contributed by atoms with Crippen molar-refractivity contribution in [3.63, 3.8) is 0 Å². The summed E-state index contributed by atoms with van der Waals surface area (Å²) in [6.45, 7) is 1.79. The Kier molecular flexibility index (Phi) is 6.94. The van der Waals surface area contributed by atoms with Crippen LogP contribution < -0.4 is 5.32 Å². The Bertz CT molecular complexity index is 486. The van der Waals surface area contributed by atoms with Crippen molar-refractivity contribution in [1.82, 2.24) is 5.32 Å². The maximum atomic E-state index is 11.8. The van der Waals surface area contributed by atoms with Gasteiger partial charge in [0.25, 0.3) is 0 Å². The molecule has 1 atom stereocenters. The molecule has 0 bridgehead atoms. The molecule has 1 aromatic carbocycles. The minimum absolute atomic E-state index is 0.130. The summed E-state index contributed by atoms with van der Waals surface area (Å²) in [5, 5.41) is 2.33. The number of nitrogens with one attached hydrogen (secondary N) is 1. The maximum absolute atomic E-state index is 11.8. The van der Waals surface area contributed by atoms with Crippen LogP contribution in [-0.4, -0.2) is 31.0 Å². The molecule has 0 saturated carbocycles. The number of alkyl carbamates (subject to hydrolysis) is 1. The van der Waals surface area contributed by atoms with Crippen LogP contribution >= 0.6 is 0 Å². The predicted octanol–water partition coefficient (Wildman–Crippen LogP) is 1.82. The Morgan fingerprint density at radius 1 is 1.19 bits per heavy atom. The average molecular weight is 293 g/mol. The molecule has 0 spiro atoms. The first-order valence-corrected chi connectivity index (χ1v) is 6.63. The van der Waals surface area contributed by atoms with Gasteiger partial charge in [-0.1, -0.05) is 37.3 Å². The average Bonchev–Trinajstić information content (AvgIpc) is 2.52. The highest BCUT2D eigenvalue weighted by Crippen LogP contribution is 2.05. The summed E-state index contributed by atoms with van der Waals surface area (Å²) in [5.74, 6) is -0.806. The minimum Gasteiger partial charge on any atom is -0.461 e. The largest absolute Gasteiger partial charge is 0.461 e. The van der Waals surface area contributed by atoms with Crippen molar-refractivity contribution < 1.29 is 23.9 Å². The number of methoxy groups -OCH3 is 1. The molecule has 1 N–H and O–H groups in total. The second-order valence-corrected chi connectivity index (χ2v) is 4.36. The van der Waals surface area contributed by atoms with E-state index in [1.54, 1.807) is 6.92 Å². The summed E-state index contributed by atoms with van der Waals surface area (Å²) in [7, 11) is 1.19. The third-order valence-corrected chi connectivity index (χ3v) is 2.83. The molecular formula is C15H19NO5. The van der Waals surface area contributed by atoms with E-state index in [4.69, 9.17) is 4.74 Å². The van der Waals surface area contributed by atoms with Gasteiger partial charge in [-0.25, -0.2) is 4.79 Å². The fourth-order valence-corrected chi connectivity index (χ4v) is 1.66. The molecule has 6 heteroatoms. The molecule has 1 rings (SSSR count). The van der Waals surface area contributed by atoms with Gasteiger partial charge in [-0.2, -0.15) is 0 Å². The van der Waals surface area contributed by atoms with Crippen molar-refractivity contribution in [2.75, 3.05) is 7.11 Å². The maximum Gasteiger partial charge on any atom is 0.407 e. The van der Waals surface area contributed by atoms with Crippen LogP contribution in [0.15, 0.2) is 30.3 Å². The van der Waals surface area contributed by atoms with Crippen molar-refractivity contribution in [1.29, 1.82) is 0 Å². The number of hydrogen-bond acceptors (Lipinski definition) is 5. The van der Waals surface area contributed by atoms with E-state index in [0.717, 1.165) is 5.56 Å². The molecule has 0 heterocycles. The highest BCUT2D eigenvalue weighted by Gasteiger charge is 2.23. The SMILES string of the molecule is CCC(=O)C(CC(=O)OCc1ccccc1)NC(=O)OC.